The first kappa shape index (κ1) is 18.6. The van der Waals surface area contributed by atoms with E-state index in [-0.39, 0.29) is 18.3 Å². The number of hydrogen-bond donors (Lipinski definition) is 2. The van der Waals surface area contributed by atoms with Crippen LogP contribution in [0.4, 0.5) is 14.3 Å². The predicted octanol–water partition coefficient (Wildman–Crippen LogP) is 3.47. The van der Waals surface area contributed by atoms with E-state index < -0.39 is 6.03 Å². The number of benzene rings is 1. The molecule has 0 aliphatic carbocycles. The topological polar surface area (TPSA) is 87.5 Å². The van der Waals surface area contributed by atoms with E-state index in [0.29, 0.717) is 28.5 Å². The van der Waals surface area contributed by atoms with E-state index in [9.17, 15) is 14.0 Å². The molecule has 0 spiro atoms. The minimum atomic E-state index is -0.442. The number of anilines is 1. The lowest BCUT2D eigenvalue weighted by molar-refractivity contribution is 0.0783. The fraction of sp³-hybridized carbons (Fsp3) is 0.167. The molecule has 0 aliphatic heterocycles. The van der Waals surface area contributed by atoms with Crippen molar-refractivity contribution in [2.75, 3.05) is 12.4 Å². The Hall–Kier alpha value is -3.20. The molecule has 7 nitrogen and oxygen atoms in total. The van der Waals surface area contributed by atoms with Crippen molar-refractivity contribution in [3.63, 3.8) is 0 Å². The molecule has 0 unspecified atom stereocenters. The zero-order valence-electron chi connectivity index (χ0n) is 14.4. The Morgan fingerprint density at radius 2 is 2.19 bits per heavy atom. The third-order valence-corrected chi connectivity index (χ3v) is 4.43. The summed E-state index contributed by atoms with van der Waals surface area (Å²) in [7, 11) is 1.66. The number of nitrogens with one attached hydrogen (secondary N) is 2. The highest BCUT2D eigenvalue weighted by Gasteiger charge is 2.15. The molecule has 0 atom stereocenters. The van der Waals surface area contributed by atoms with Gasteiger partial charge in [-0.2, -0.15) is 0 Å². The largest absolute Gasteiger partial charge is 0.472 e. The van der Waals surface area contributed by atoms with Crippen molar-refractivity contribution < 1.29 is 18.4 Å². The molecule has 2 N–H and O–H groups in total. The summed E-state index contributed by atoms with van der Waals surface area (Å²) < 4.78 is 18.0. The van der Waals surface area contributed by atoms with Gasteiger partial charge < -0.3 is 14.6 Å². The van der Waals surface area contributed by atoms with Crippen molar-refractivity contribution in [1.82, 2.24) is 15.2 Å². The van der Waals surface area contributed by atoms with Gasteiger partial charge in [-0.3, -0.25) is 10.1 Å². The van der Waals surface area contributed by atoms with Crippen LogP contribution in [0.25, 0.3) is 0 Å². The Balaban J connectivity index is 1.50. The van der Waals surface area contributed by atoms with Gasteiger partial charge in [0.25, 0.3) is 5.91 Å². The van der Waals surface area contributed by atoms with E-state index in [1.165, 1.54) is 40.9 Å². The number of amides is 3. The van der Waals surface area contributed by atoms with Crippen LogP contribution >= 0.6 is 11.3 Å². The molecule has 0 saturated heterocycles. The summed E-state index contributed by atoms with van der Waals surface area (Å²) in [4.78, 5) is 29.9. The highest BCUT2D eigenvalue weighted by atomic mass is 32.1. The Labute approximate surface area is 158 Å². The fourth-order valence-corrected chi connectivity index (χ4v) is 3.03. The Morgan fingerprint density at radius 1 is 1.33 bits per heavy atom. The average Bonchev–Trinajstić information content (AvgIpc) is 3.31. The fourth-order valence-electron chi connectivity index (χ4n) is 2.33. The molecule has 3 aromatic rings. The highest BCUT2D eigenvalue weighted by Crippen LogP contribution is 2.17. The second-order valence-electron chi connectivity index (χ2n) is 5.75. The quantitative estimate of drug-likeness (QED) is 0.677. The summed E-state index contributed by atoms with van der Waals surface area (Å²) in [6.45, 7) is 0.497. The average molecular weight is 388 g/mol. The number of furan rings is 1. The minimum absolute atomic E-state index is 0.181. The first-order chi connectivity index (χ1) is 13.0. The number of hydrogen-bond acceptors (Lipinski definition) is 5. The second kappa shape index (κ2) is 8.45. The van der Waals surface area contributed by atoms with E-state index in [1.54, 1.807) is 30.6 Å². The molecule has 0 fully saturated rings. The molecular weight excluding hydrogens is 371 g/mol. The molecule has 140 valence electrons. The summed E-state index contributed by atoms with van der Waals surface area (Å²) in [5, 5.41) is 7.43. The molecule has 0 aliphatic rings. The van der Waals surface area contributed by atoms with Crippen molar-refractivity contribution in [3.05, 3.63) is 70.9 Å². The van der Waals surface area contributed by atoms with Crippen molar-refractivity contribution in [2.45, 2.75) is 13.1 Å². The first-order valence-corrected chi connectivity index (χ1v) is 8.90. The lowest BCUT2D eigenvalue weighted by Crippen LogP contribution is -2.28. The van der Waals surface area contributed by atoms with Gasteiger partial charge in [-0.25, -0.2) is 14.2 Å². The molecule has 3 amide bonds. The number of nitrogens with zero attached hydrogens (tertiary/aromatic N) is 2. The smallest absolute Gasteiger partial charge is 0.321 e. The van der Waals surface area contributed by atoms with Gasteiger partial charge in [0.1, 0.15) is 12.1 Å². The van der Waals surface area contributed by atoms with Crippen molar-refractivity contribution in [3.8, 4) is 0 Å². The first-order valence-electron chi connectivity index (χ1n) is 8.02. The molecule has 1 aromatic carbocycles. The van der Waals surface area contributed by atoms with Crippen LogP contribution in [0.3, 0.4) is 0 Å². The molecule has 2 heterocycles. The molecular formula is C18H17FN4O3S. The lowest BCUT2D eigenvalue weighted by atomic mass is 10.2. The second-order valence-corrected chi connectivity index (χ2v) is 6.61. The predicted molar refractivity (Wildman–Crippen MR) is 98.9 cm³/mol. The van der Waals surface area contributed by atoms with Gasteiger partial charge >= 0.3 is 6.03 Å². The number of rotatable bonds is 6. The third-order valence-electron chi connectivity index (χ3n) is 3.63. The van der Waals surface area contributed by atoms with Gasteiger partial charge in [-0.1, -0.05) is 12.1 Å². The van der Waals surface area contributed by atoms with Crippen LogP contribution in [0.2, 0.25) is 0 Å². The number of halogens is 1. The van der Waals surface area contributed by atoms with E-state index in [2.05, 4.69) is 15.6 Å². The zero-order valence-corrected chi connectivity index (χ0v) is 15.3. The van der Waals surface area contributed by atoms with Gasteiger partial charge in [-0.15, -0.1) is 11.3 Å². The Morgan fingerprint density at radius 3 is 2.93 bits per heavy atom. The van der Waals surface area contributed by atoms with E-state index in [0.717, 1.165) is 0 Å². The van der Waals surface area contributed by atoms with E-state index in [4.69, 9.17) is 4.42 Å². The Kier molecular flexibility index (Phi) is 5.82. The number of urea groups is 1. The van der Waals surface area contributed by atoms with E-state index in [1.807, 2.05) is 0 Å². The summed E-state index contributed by atoms with van der Waals surface area (Å²) in [5.74, 6) is -0.535. The van der Waals surface area contributed by atoms with Crippen LogP contribution in [0.1, 0.15) is 21.6 Å². The number of carbonyl (C=O) groups is 2. The van der Waals surface area contributed by atoms with Gasteiger partial charge in [0, 0.05) is 19.0 Å². The standard InChI is InChI=1S/C18H17FN4O3S/c1-23(16(24)13-5-6-26-10-13)9-15-11-27-18(21-15)22-17(25)20-8-12-3-2-4-14(19)7-12/h2-7,10-11H,8-9H2,1H3,(H2,20,21,22,25). The summed E-state index contributed by atoms with van der Waals surface area (Å²) in [5.41, 5.74) is 1.77. The van der Waals surface area contributed by atoms with Crippen LogP contribution in [-0.4, -0.2) is 28.9 Å². The molecule has 2 aromatic heterocycles. The van der Waals surface area contributed by atoms with E-state index >= 15 is 0 Å². The maximum Gasteiger partial charge on any atom is 0.321 e. The maximum atomic E-state index is 13.1. The normalized spacial score (nSPS) is 10.4. The number of aromatic nitrogens is 1. The maximum absolute atomic E-state index is 13.1. The van der Waals surface area contributed by atoms with Crippen LogP contribution in [0.15, 0.2) is 52.7 Å². The van der Waals surface area contributed by atoms with Crippen LogP contribution in [-0.2, 0) is 13.1 Å². The summed E-state index contributed by atoms with van der Waals surface area (Å²) in [6.07, 6.45) is 2.82. The lowest BCUT2D eigenvalue weighted by Gasteiger charge is -2.14. The molecule has 0 bridgehead atoms. The SMILES string of the molecule is CN(Cc1csc(NC(=O)NCc2cccc(F)c2)n1)C(=O)c1ccoc1. The van der Waals surface area contributed by atoms with Gasteiger partial charge in [0.2, 0.25) is 0 Å². The number of carbonyl (C=O) groups excluding carboxylic acids is 2. The number of thiazole rings is 1. The monoisotopic (exact) mass is 388 g/mol. The van der Waals surface area contributed by atoms with Gasteiger partial charge in [-0.05, 0) is 23.8 Å². The molecule has 0 radical (unpaired) electrons. The van der Waals surface area contributed by atoms with Crippen LogP contribution in [0.5, 0.6) is 0 Å². The Bertz CT molecular complexity index is 926. The molecule has 27 heavy (non-hydrogen) atoms. The summed E-state index contributed by atoms with van der Waals surface area (Å²) in [6, 6.07) is 7.15. The van der Waals surface area contributed by atoms with Gasteiger partial charge in [0.15, 0.2) is 5.13 Å². The third kappa shape index (κ3) is 5.14. The van der Waals surface area contributed by atoms with Crippen molar-refractivity contribution in [1.29, 1.82) is 0 Å². The van der Waals surface area contributed by atoms with Crippen LogP contribution in [0, 0.1) is 5.82 Å². The molecule has 0 saturated carbocycles. The minimum Gasteiger partial charge on any atom is -0.472 e. The zero-order chi connectivity index (χ0) is 19.2. The van der Waals surface area contributed by atoms with Crippen LogP contribution < -0.4 is 10.6 Å². The highest BCUT2D eigenvalue weighted by molar-refractivity contribution is 7.13. The van der Waals surface area contributed by atoms with Gasteiger partial charge in [0.05, 0.1) is 24.1 Å². The van der Waals surface area contributed by atoms with Crippen molar-refractivity contribution in [2.24, 2.45) is 0 Å². The molecule has 3 rings (SSSR count). The summed E-state index contributed by atoms with van der Waals surface area (Å²) >= 11 is 1.25. The van der Waals surface area contributed by atoms with Crippen molar-refractivity contribution >= 4 is 28.4 Å². The molecule has 9 heteroatoms.